The SMILES string of the molecule is N#Cc1ccc(NCCc2cccs2)cc1. The number of nitrogens with one attached hydrogen (secondary N) is 1. The second kappa shape index (κ2) is 5.34. The van der Waals surface area contributed by atoms with E-state index in [2.05, 4.69) is 28.9 Å². The Bertz CT molecular complexity index is 466. The van der Waals surface area contributed by atoms with Crippen molar-refractivity contribution in [3.8, 4) is 6.07 Å². The monoisotopic (exact) mass is 228 g/mol. The van der Waals surface area contributed by atoms with Crippen LogP contribution >= 0.6 is 11.3 Å². The van der Waals surface area contributed by atoms with Gasteiger partial charge in [-0.25, -0.2) is 0 Å². The van der Waals surface area contributed by atoms with E-state index in [1.165, 1.54) is 4.88 Å². The second-order valence-electron chi connectivity index (χ2n) is 3.45. The van der Waals surface area contributed by atoms with Crippen molar-refractivity contribution in [1.29, 1.82) is 5.26 Å². The average Bonchev–Trinajstić information content (AvgIpc) is 2.83. The third-order valence-electron chi connectivity index (χ3n) is 2.29. The van der Waals surface area contributed by atoms with Crippen LogP contribution in [0.15, 0.2) is 41.8 Å². The van der Waals surface area contributed by atoms with Crippen LogP contribution in [0, 0.1) is 11.3 Å². The third kappa shape index (κ3) is 2.85. The predicted octanol–water partition coefficient (Wildman–Crippen LogP) is 3.27. The van der Waals surface area contributed by atoms with E-state index in [0.717, 1.165) is 18.7 Å². The standard InChI is InChI=1S/C13H12N2S/c14-10-11-3-5-12(6-4-11)15-8-7-13-2-1-9-16-13/h1-6,9,15H,7-8H2. The van der Waals surface area contributed by atoms with E-state index in [1.54, 1.807) is 11.3 Å². The lowest BCUT2D eigenvalue weighted by Crippen LogP contribution is -2.03. The molecule has 2 aromatic rings. The molecule has 2 nitrogen and oxygen atoms in total. The molecule has 0 saturated heterocycles. The first kappa shape index (κ1) is 10.7. The fraction of sp³-hybridized carbons (Fsp3) is 0.154. The highest BCUT2D eigenvalue weighted by Crippen LogP contribution is 2.11. The number of nitrogens with zero attached hydrogens (tertiary/aromatic N) is 1. The maximum Gasteiger partial charge on any atom is 0.0991 e. The van der Waals surface area contributed by atoms with Crippen molar-refractivity contribution in [2.45, 2.75) is 6.42 Å². The molecule has 2 rings (SSSR count). The molecular formula is C13H12N2S. The van der Waals surface area contributed by atoms with Crippen LogP contribution in [-0.4, -0.2) is 6.54 Å². The van der Waals surface area contributed by atoms with E-state index in [9.17, 15) is 0 Å². The Balaban J connectivity index is 1.83. The summed E-state index contributed by atoms with van der Waals surface area (Å²) in [5.41, 5.74) is 1.76. The lowest BCUT2D eigenvalue weighted by Gasteiger charge is -2.04. The first-order chi connectivity index (χ1) is 7.88. The Morgan fingerprint density at radius 1 is 1.19 bits per heavy atom. The fourth-order valence-electron chi connectivity index (χ4n) is 1.45. The van der Waals surface area contributed by atoms with Crippen LogP contribution in [0.25, 0.3) is 0 Å². The zero-order valence-corrected chi connectivity index (χ0v) is 9.63. The molecule has 1 heterocycles. The van der Waals surface area contributed by atoms with Crippen molar-refractivity contribution in [2.24, 2.45) is 0 Å². The van der Waals surface area contributed by atoms with Gasteiger partial charge in [0, 0.05) is 17.1 Å². The van der Waals surface area contributed by atoms with Gasteiger partial charge in [0.15, 0.2) is 0 Å². The summed E-state index contributed by atoms with van der Waals surface area (Å²) in [4.78, 5) is 1.39. The smallest absolute Gasteiger partial charge is 0.0991 e. The molecule has 16 heavy (non-hydrogen) atoms. The maximum absolute atomic E-state index is 8.66. The minimum atomic E-state index is 0.698. The van der Waals surface area contributed by atoms with Crippen molar-refractivity contribution in [2.75, 3.05) is 11.9 Å². The Kier molecular flexibility index (Phi) is 3.58. The van der Waals surface area contributed by atoms with E-state index in [-0.39, 0.29) is 0 Å². The summed E-state index contributed by atoms with van der Waals surface area (Å²) in [6.45, 7) is 0.923. The van der Waals surface area contributed by atoms with E-state index in [4.69, 9.17) is 5.26 Å². The van der Waals surface area contributed by atoms with Crippen molar-refractivity contribution >= 4 is 17.0 Å². The van der Waals surface area contributed by atoms with Crippen LogP contribution in [0.5, 0.6) is 0 Å². The summed E-state index contributed by atoms with van der Waals surface area (Å²) in [6.07, 6.45) is 1.04. The molecule has 0 atom stereocenters. The quantitative estimate of drug-likeness (QED) is 0.871. The van der Waals surface area contributed by atoms with Crippen LogP contribution in [-0.2, 0) is 6.42 Å². The number of hydrogen-bond donors (Lipinski definition) is 1. The Labute approximate surface area is 99.2 Å². The van der Waals surface area contributed by atoms with Gasteiger partial charge < -0.3 is 5.32 Å². The molecule has 0 fully saturated rings. The second-order valence-corrected chi connectivity index (χ2v) is 4.48. The van der Waals surface area contributed by atoms with E-state index >= 15 is 0 Å². The molecule has 1 N–H and O–H groups in total. The number of thiophene rings is 1. The summed E-state index contributed by atoms with van der Waals surface area (Å²) in [5, 5.41) is 14.1. The molecule has 0 saturated carbocycles. The summed E-state index contributed by atoms with van der Waals surface area (Å²) in [7, 11) is 0. The minimum Gasteiger partial charge on any atom is -0.385 e. The van der Waals surface area contributed by atoms with Gasteiger partial charge in [-0.3, -0.25) is 0 Å². The van der Waals surface area contributed by atoms with Gasteiger partial charge in [0.1, 0.15) is 0 Å². The normalized spacial score (nSPS) is 9.69. The molecule has 0 aliphatic heterocycles. The molecular weight excluding hydrogens is 216 g/mol. The van der Waals surface area contributed by atoms with E-state index in [1.807, 2.05) is 24.3 Å². The molecule has 0 spiro atoms. The summed E-state index contributed by atoms with van der Waals surface area (Å²) >= 11 is 1.78. The van der Waals surface area contributed by atoms with Crippen LogP contribution in [0.3, 0.4) is 0 Å². The third-order valence-corrected chi connectivity index (χ3v) is 3.23. The number of rotatable bonds is 4. The predicted molar refractivity (Wildman–Crippen MR) is 67.7 cm³/mol. The van der Waals surface area contributed by atoms with Gasteiger partial charge in [0.25, 0.3) is 0 Å². The van der Waals surface area contributed by atoms with Crippen LogP contribution < -0.4 is 5.32 Å². The number of nitriles is 1. The largest absolute Gasteiger partial charge is 0.385 e. The fourth-order valence-corrected chi connectivity index (χ4v) is 2.16. The molecule has 0 amide bonds. The molecule has 0 bridgehead atoms. The van der Waals surface area contributed by atoms with Crippen molar-refractivity contribution in [1.82, 2.24) is 0 Å². The molecule has 3 heteroatoms. The molecule has 80 valence electrons. The summed E-state index contributed by atoms with van der Waals surface area (Å²) in [5.74, 6) is 0. The van der Waals surface area contributed by atoms with Gasteiger partial charge in [0.2, 0.25) is 0 Å². The van der Waals surface area contributed by atoms with Gasteiger partial charge >= 0.3 is 0 Å². The van der Waals surface area contributed by atoms with Gasteiger partial charge in [-0.05, 0) is 42.1 Å². The van der Waals surface area contributed by atoms with E-state index < -0.39 is 0 Å². The van der Waals surface area contributed by atoms with Crippen molar-refractivity contribution in [3.05, 3.63) is 52.2 Å². The first-order valence-corrected chi connectivity index (χ1v) is 6.03. The zero-order valence-electron chi connectivity index (χ0n) is 8.81. The van der Waals surface area contributed by atoms with Gasteiger partial charge in [-0.2, -0.15) is 5.26 Å². The lowest BCUT2D eigenvalue weighted by atomic mass is 10.2. The van der Waals surface area contributed by atoms with Gasteiger partial charge in [0.05, 0.1) is 11.6 Å². The van der Waals surface area contributed by atoms with Crippen LogP contribution in [0.4, 0.5) is 5.69 Å². The van der Waals surface area contributed by atoms with Crippen molar-refractivity contribution in [3.63, 3.8) is 0 Å². The van der Waals surface area contributed by atoms with Crippen LogP contribution in [0.1, 0.15) is 10.4 Å². The Hall–Kier alpha value is -1.79. The molecule has 0 unspecified atom stereocenters. The highest BCUT2D eigenvalue weighted by atomic mass is 32.1. The Morgan fingerprint density at radius 3 is 2.62 bits per heavy atom. The van der Waals surface area contributed by atoms with Crippen LogP contribution in [0.2, 0.25) is 0 Å². The molecule has 0 radical (unpaired) electrons. The number of anilines is 1. The molecule has 1 aromatic carbocycles. The molecule has 1 aromatic heterocycles. The lowest BCUT2D eigenvalue weighted by molar-refractivity contribution is 1.04. The molecule has 0 aliphatic rings. The number of benzene rings is 1. The number of hydrogen-bond acceptors (Lipinski definition) is 3. The summed E-state index contributed by atoms with van der Waals surface area (Å²) in [6, 6.07) is 13.9. The summed E-state index contributed by atoms with van der Waals surface area (Å²) < 4.78 is 0. The van der Waals surface area contributed by atoms with Gasteiger partial charge in [-0.1, -0.05) is 6.07 Å². The van der Waals surface area contributed by atoms with Crippen molar-refractivity contribution < 1.29 is 0 Å². The minimum absolute atomic E-state index is 0.698. The zero-order chi connectivity index (χ0) is 11.2. The van der Waals surface area contributed by atoms with Gasteiger partial charge in [-0.15, -0.1) is 11.3 Å². The highest BCUT2D eigenvalue weighted by molar-refractivity contribution is 7.09. The molecule has 0 aliphatic carbocycles. The average molecular weight is 228 g/mol. The Morgan fingerprint density at radius 2 is 2.00 bits per heavy atom. The topological polar surface area (TPSA) is 35.8 Å². The highest BCUT2D eigenvalue weighted by Gasteiger charge is 1.95. The van der Waals surface area contributed by atoms with E-state index in [0.29, 0.717) is 5.56 Å². The maximum atomic E-state index is 8.66. The first-order valence-electron chi connectivity index (χ1n) is 5.15.